The lowest BCUT2D eigenvalue weighted by Gasteiger charge is -2.32. The van der Waals surface area contributed by atoms with Crippen LogP contribution in [0.3, 0.4) is 0 Å². The number of fused-ring (bicyclic) bond motifs is 2. The highest BCUT2D eigenvalue weighted by Crippen LogP contribution is 2.55. The zero-order valence-electron chi connectivity index (χ0n) is 44.5. The molecule has 17 atom stereocenters. The maximum Gasteiger partial charge on any atom is 0.472 e. The molecule has 4 fully saturated rings. The summed E-state index contributed by atoms with van der Waals surface area (Å²) in [5.41, 5.74) is 16.7. The normalized spacial score (nSPS) is 31.0. The smallest absolute Gasteiger partial charge is 0.383 e. The minimum atomic E-state index is -5.31. The number of methoxy groups -OCH3 is 1. The molecule has 5 aromatic heterocycles. The minimum Gasteiger partial charge on any atom is -0.383 e. The number of imidazole rings is 2. The molecule has 13 unspecified atom stereocenters. The lowest BCUT2D eigenvalue weighted by atomic mass is 10.1. The fourth-order valence-electron chi connectivity index (χ4n) is 9.76. The van der Waals surface area contributed by atoms with Gasteiger partial charge in [0.25, 0.3) is 5.56 Å². The van der Waals surface area contributed by atoms with E-state index in [4.69, 9.17) is 84.4 Å². The molecule has 0 spiro atoms. The van der Waals surface area contributed by atoms with Crippen LogP contribution in [-0.4, -0.2) is 186 Å². The molecule has 10 rings (SSSR count). The number of rotatable bonds is 24. The lowest BCUT2D eigenvalue weighted by molar-refractivity contribution is -0.0641. The Balaban J connectivity index is 0.842. The second kappa shape index (κ2) is 25.1. The standard InChI is InChI=1S/C41H57N15O24P4S/c1-18-10-54(41(60)52-37(18)57)29-7-20(77-81(61,62)69-3)24(75-29)12-70-83(65,66)79-21-6-28(53-5-4-27(42)49-40(53)59)74-26(21)14-72-84(67,85)80-22-9-31(56-17-48-33-36(56)50-39(44)51-38(33)58)76-25(22)13-71-82(63,64)78-19-8-30(73-23(19)11-68-2)55-16-47-32-34(43)45-15-46-35(32)55/h4-5,10,15-17,19-26,28-31,37,57H,6-9,11-14H2,1-3H3,(H,52,60)(H,61,62)(H,63,64)(H,65,66)(H,67,85)(H2,42,49,59)(H2,43,45,46)(H3,44,50,51,58)/t19?,20?,21?,22-,23-,24?,25?,26?,28-,29?,30-,31?,37?,84?/m1/s1. The van der Waals surface area contributed by atoms with E-state index < -0.39 is 154 Å². The second-order valence-electron chi connectivity index (χ2n) is 19.5. The third kappa shape index (κ3) is 14.4. The van der Waals surface area contributed by atoms with Crippen LogP contribution >= 0.6 is 30.2 Å². The van der Waals surface area contributed by atoms with Gasteiger partial charge < -0.3 is 79.9 Å². The van der Waals surface area contributed by atoms with Gasteiger partial charge in [0.2, 0.25) is 5.95 Å². The van der Waals surface area contributed by atoms with Crippen molar-refractivity contribution in [2.24, 2.45) is 0 Å². The number of nitrogens with zero attached hydrogens (tertiary/aromatic N) is 10. The molecule has 0 saturated carbocycles. The third-order valence-corrected chi connectivity index (χ3v) is 18.4. The van der Waals surface area contributed by atoms with Crippen molar-refractivity contribution >= 4 is 87.9 Å². The van der Waals surface area contributed by atoms with E-state index in [-0.39, 0.29) is 54.6 Å². The molecule has 13 N–H and O–H groups in total. The van der Waals surface area contributed by atoms with Crippen LogP contribution in [0.2, 0.25) is 0 Å². The third-order valence-electron chi connectivity index (χ3n) is 13.8. The number of anilines is 3. The summed E-state index contributed by atoms with van der Waals surface area (Å²) in [5.74, 6) is -0.308. The molecule has 0 aliphatic carbocycles. The number of phosphoric acid groups is 3. The topological polar surface area (TPSA) is 525 Å². The molecule has 85 heavy (non-hydrogen) atoms. The number of amides is 2. The van der Waals surface area contributed by atoms with Crippen molar-refractivity contribution in [3.63, 3.8) is 0 Å². The van der Waals surface area contributed by atoms with E-state index in [1.807, 2.05) is 0 Å². The quantitative estimate of drug-likeness (QED) is 0.0351. The van der Waals surface area contributed by atoms with Gasteiger partial charge in [0.05, 0.1) is 45.2 Å². The Kier molecular flexibility index (Phi) is 18.6. The van der Waals surface area contributed by atoms with E-state index in [1.54, 1.807) is 4.57 Å². The first-order chi connectivity index (χ1) is 40.2. The summed E-state index contributed by atoms with van der Waals surface area (Å²) in [6.45, 7) is -5.65. The predicted molar refractivity (Wildman–Crippen MR) is 286 cm³/mol. The summed E-state index contributed by atoms with van der Waals surface area (Å²) in [5, 5.41) is 12.4. The summed E-state index contributed by atoms with van der Waals surface area (Å²) < 4.78 is 117. The fraction of sp³-hybridized carbons (Fsp3) is 0.585. The maximum atomic E-state index is 13.9. The zero-order chi connectivity index (χ0) is 60.9. The minimum absolute atomic E-state index is 0.0310. The van der Waals surface area contributed by atoms with Gasteiger partial charge in [0.1, 0.15) is 85.3 Å². The Hall–Kier alpha value is -5.19. The van der Waals surface area contributed by atoms with Crippen molar-refractivity contribution < 1.29 is 103 Å². The van der Waals surface area contributed by atoms with Crippen molar-refractivity contribution in [2.75, 3.05) is 57.8 Å². The number of phosphoric ester groups is 3. The number of nitrogens with two attached hydrogens (primary N) is 3. The number of nitrogens with one attached hydrogen (secondary N) is 2. The van der Waals surface area contributed by atoms with E-state index >= 15 is 0 Å². The first kappa shape index (κ1) is 62.8. The first-order valence-electron chi connectivity index (χ1n) is 25.3. The SMILES string of the molecule is COC[C@H]1O[C@@H](n2cnc3c(N)ncnc32)CC1OP(=O)(O)OCC1OC(n2cnc3c(=O)[nH]c(N)nc32)C[C@H]1OP(O)(=S)OCC1O[C@@H](n2ccc(N)nc2=O)CC1OP(=O)(O)OCC1OC(N2C=C(C)C(O)NC2=O)CC1OP(=O)(O)OC. The molecule has 466 valence electrons. The molecule has 10 heterocycles. The van der Waals surface area contributed by atoms with Crippen LogP contribution in [0.25, 0.3) is 22.3 Å². The number of hydrogen-bond donors (Lipinski definition) is 10. The van der Waals surface area contributed by atoms with Crippen molar-refractivity contribution in [1.82, 2.24) is 58.8 Å². The number of carbonyl (C=O) groups is 1. The largest absolute Gasteiger partial charge is 0.472 e. The van der Waals surface area contributed by atoms with Crippen LogP contribution in [-0.2, 0) is 85.4 Å². The first-order valence-corrected chi connectivity index (χ1v) is 32.4. The van der Waals surface area contributed by atoms with E-state index in [0.717, 1.165) is 16.6 Å². The van der Waals surface area contributed by atoms with Gasteiger partial charge in [-0.15, -0.1) is 0 Å². The van der Waals surface area contributed by atoms with Gasteiger partial charge in [-0.3, -0.25) is 55.5 Å². The highest BCUT2D eigenvalue weighted by Gasteiger charge is 2.49. The number of ether oxygens (including phenoxy) is 5. The molecule has 39 nitrogen and oxygen atoms in total. The predicted octanol–water partition coefficient (Wildman–Crippen LogP) is -0.411. The molecule has 4 saturated heterocycles. The van der Waals surface area contributed by atoms with Gasteiger partial charge in [0, 0.05) is 52.3 Å². The number of aromatic amines is 1. The highest BCUT2D eigenvalue weighted by atomic mass is 32.5. The lowest BCUT2D eigenvalue weighted by Crippen LogP contribution is -2.51. The number of urea groups is 1. The highest BCUT2D eigenvalue weighted by molar-refractivity contribution is 8.07. The Morgan fingerprint density at radius 3 is 1.78 bits per heavy atom. The van der Waals surface area contributed by atoms with Crippen LogP contribution in [0.4, 0.5) is 22.4 Å². The molecule has 2 amide bonds. The summed E-state index contributed by atoms with van der Waals surface area (Å²) in [6.07, 6.45) is -11.3. The van der Waals surface area contributed by atoms with E-state index in [0.29, 0.717) is 16.7 Å². The Bertz CT molecular complexity index is 3660. The molecule has 5 aliphatic rings. The van der Waals surface area contributed by atoms with Crippen molar-refractivity contribution in [1.29, 1.82) is 0 Å². The van der Waals surface area contributed by atoms with Crippen LogP contribution in [0.5, 0.6) is 0 Å². The van der Waals surface area contributed by atoms with Crippen molar-refractivity contribution in [2.45, 2.75) is 113 Å². The van der Waals surface area contributed by atoms with Gasteiger partial charge >= 0.3 is 41.9 Å². The summed E-state index contributed by atoms with van der Waals surface area (Å²) in [7, 11) is -12.9. The number of hydrogen-bond acceptors (Lipinski definition) is 30. The van der Waals surface area contributed by atoms with Gasteiger partial charge in [-0.1, -0.05) is 0 Å². The van der Waals surface area contributed by atoms with E-state index in [1.165, 1.54) is 56.0 Å². The molecule has 0 bridgehead atoms. The van der Waals surface area contributed by atoms with Crippen LogP contribution < -0.4 is 33.8 Å². The average Bonchev–Trinajstić information content (AvgIpc) is 2.38. The molecular weight excluding hydrogens is 1240 g/mol. The van der Waals surface area contributed by atoms with E-state index in [9.17, 15) is 52.8 Å². The number of H-pyrrole nitrogens is 1. The molecule has 0 radical (unpaired) electrons. The monoisotopic (exact) mass is 1300 g/mol. The number of nitrogen functional groups attached to an aromatic ring is 3. The molecule has 5 aromatic rings. The van der Waals surface area contributed by atoms with Crippen molar-refractivity contribution in [3.8, 4) is 0 Å². The summed E-state index contributed by atoms with van der Waals surface area (Å²) in [6, 6.07) is 0.451. The molecule has 5 aliphatic heterocycles. The number of aliphatic hydroxyl groups excluding tert-OH is 1. The number of aromatic nitrogens is 10. The summed E-state index contributed by atoms with van der Waals surface area (Å²) in [4.78, 5) is 111. The Labute approximate surface area is 482 Å². The summed E-state index contributed by atoms with van der Waals surface area (Å²) >= 11 is 5.47. The molecule has 44 heteroatoms. The van der Waals surface area contributed by atoms with Gasteiger partial charge in [0.15, 0.2) is 28.9 Å². The van der Waals surface area contributed by atoms with Crippen molar-refractivity contribution in [3.05, 3.63) is 63.9 Å². The van der Waals surface area contributed by atoms with Gasteiger partial charge in [-0.05, 0) is 30.4 Å². The Morgan fingerprint density at radius 1 is 0.671 bits per heavy atom. The Morgan fingerprint density at radius 2 is 1.19 bits per heavy atom. The molecular formula is C41H57N15O24P4S. The number of aliphatic hydroxyl groups is 1. The number of carbonyl (C=O) groups excluding carboxylic acids is 1. The second-order valence-corrected chi connectivity index (χ2v) is 26.6. The van der Waals surface area contributed by atoms with E-state index in [2.05, 4.69) is 44.7 Å². The van der Waals surface area contributed by atoms with Gasteiger partial charge in [-0.25, -0.2) is 43.2 Å². The van der Waals surface area contributed by atoms with Crippen LogP contribution in [0, 0.1) is 0 Å². The zero-order valence-corrected chi connectivity index (χ0v) is 48.9. The molecule has 0 aromatic carbocycles. The van der Waals surface area contributed by atoms with Crippen LogP contribution in [0.15, 0.2) is 52.6 Å². The fourth-order valence-corrected chi connectivity index (χ4v) is 13.8. The van der Waals surface area contributed by atoms with Gasteiger partial charge in [-0.2, -0.15) is 9.97 Å². The average molecular weight is 1300 g/mol. The maximum absolute atomic E-state index is 13.9. The van der Waals surface area contributed by atoms with Crippen LogP contribution in [0.1, 0.15) is 51.3 Å².